The Bertz CT molecular complexity index is 2000. The minimum absolute atomic E-state index is 0.000187. The zero-order chi connectivity index (χ0) is 32.1. The maximum Gasteiger partial charge on any atom is 0.206 e. The summed E-state index contributed by atoms with van der Waals surface area (Å²) in [6.07, 6.45) is 0. The Morgan fingerprint density at radius 1 is 0.489 bits per heavy atom. The first-order valence-corrected chi connectivity index (χ1v) is 15.9. The predicted molar refractivity (Wildman–Crippen MR) is 176 cm³/mol. The van der Waals surface area contributed by atoms with Gasteiger partial charge in [-0.05, 0) is 80.6 Å². The van der Waals surface area contributed by atoms with Crippen molar-refractivity contribution in [3.63, 3.8) is 0 Å². The van der Waals surface area contributed by atoms with Crippen LogP contribution in [0.2, 0.25) is 0 Å². The third-order valence-electron chi connectivity index (χ3n) is 7.74. The van der Waals surface area contributed by atoms with Crippen LogP contribution in [-0.4, -0.2) is 0 Å². The minimum atomic E-state index is -3.19. The Labute approximate surface area is 280 Å². The van der Waals surface area contributed by atoms with Gasteiger partial charge in [0.25, 0.3) is 0 Å². The van der Waals surface area contributed by atoms with E-state index in [1.165, 1.54) is 42.5 Å². The monoisotopic (exact) mass is 802 g/mol. The Hall–Kier alpha value is -3.40. The van der Waals surface area contributed by atoms with Crippen LogP contribution in [0.15, 0.2) is 129 Å². The van der Waals surface area contributed by atoms with E-state index < -0.39 is 40.2 Å². The first-order chi connectivity index (χ1) is 21.5. The molecular formula is C36H19Br3F6. The number of hydrogen-bond donors (Lipinski definition) is 0. The quantitative estimate of drug-likeness (QED) is 0.155. The summed E-state index contributed by atoms with van der Waals surface area (Å²) >= 11 is 10.3. The second-order valence-corrected chi connectivity index (χ2v) is 13.0. The molecule has 2 unspecified atom stereocenters. The van der Waals surface area contributed by atoms with Crippen LogP contribution in [0.5, 0.6) is 0 Å². The van der Waals surface area contributed by atoms with Crippen LogP contribution in [0.1, 0.15) is 27.8 Å². The lowest BCUT2D eigenvalue weighted by molar-refractivity contribution is 0.0420. The van der Waals surface area contributed by atoms with E-state index in [4.69, 9.17) is 0 Å². The summed E-state index contributed by atoms with van der Waals surface area (Å²) in [5.41, 5.74) is -7.48. The number of hydrogen-bond acceptors (Lipinski definition) is 0. The highest BCUT2D eigenvalue weighted by Gasteiger charge is 2.65. The molecule has 5 aromatic carbocycles. The molecule has 2 atom stereocenters. The minimum Gasteiger partial charge on any atom is -0.229 e. The maximum absolute atomic E-state index is 19.3. The number of alkyl halides is 2. The van der Waals surface area contributed by atoms with Crippen LogP contribution < -0.4 is 0 Å². The first kappa shape index (κ1) is 31.6. The van der Waals surface area contributed by atoms with Gasteiger partial charge >= 0.3 is 0 Å². The zero-order valence-electron chi connectivity index (χ0n) is 22.9. The largest absolute Gasteiger partial charge is 0.229 e. The lowest BCUT2D eigenvalue weighted by atomic mass is 9.61. The van der Waals surface area contributed by atoms with Gasteiger partial charge in [-0.3, -0.25) is 0 Å². The Kier molecular flexibility index (Phi) is 8.48. The Morgan fingerprint density at radius 2 is 1.16 bits per heavy atom. The van der Waals surface area contributed by atoms with Gasteiger partial charge in [0.2, 0.25) is 11.3 Å². The molecule has 0 saturated carbocycles. The van der Waals surface area contributed by atoms with Crippen molar-refractivity contribution >= 4 is 64.5 Å². The van der Waals surface area contributed by atoms with Gasteiger partial charge in [-0.15, -0.1) is 0 Å². The van der Waals surface area contributed by atoms with Crippen molar-refractivity contribution in [1.82, 2.24) is 0 Å². The van der Waals surface area contributed by atoms with Crippen molar-refractivity contribution in [3.05, 3.63) is 180 Å². The van der Waals surface area contributed by atoms with Crippen LogP contribution in [0.3, 0.4) is 0 Å². The van der Waals surface area contributed by atoms with Gasteiger partial charge < -0.3 is 0 Å². The van der Waals surface area contributed by atoms with Gasteiger partial charge in [-0.25, -0.2) is 26.3 Å². The Balaban J connectivity index is 1.92. The van der Waals surface area contributed by atoms with Gasteiger partial charge in [-0.1, -0.05) is 98.6 Å². The molecule has 0 nitrogen and oxygen atoms in total. The van der Waals surface area contributed by atoms with E-state index in [1.807, 2.05) is 0 Å². The first-order valence-electron chi connectivity index (χ1n) is 13.5. The van der Waals surface area contributed by atoms with Gasteiger partial charge in [-0.2, -0.15) is 0 Å². The summed E-state index contributed by atoms with van der Waals surface area (Å²) in [6, 6.07) is 25.6. The molecule has 0 heterocycles. The number of benzene rings is 5. The number of rotatable bonds is 5. The fraction of sp³-hybridized carbons (Fsp3) is 0.0556. The molecule has 0 aliphatic heterocycles. The normalized spacial score (nSPS) is 20.1. The topological polar surface area (TPSA) is 0 Å². The van der Waals surface area contributed by atoms with Crippen molar-refractivity contribution in [2.45, 2.75) is 11.3 Å². The molecule has 5 aromatic rings. The molecule has 9 heteroatoms. The SMILES string of the molecule is Fc1cc(F)cc(C2=C(Br)C(c3ccc(F)c(F)c3)=C(c3ccccc3)C(F)(c3cccc(Br)c3)C2(F)c2ccccc2Br)c1. The van der Waals surface area contributed by atoms with Gasteiger partial charge in [0, 0.05) is 41.8 Å². The van der Waals surface area contributed by atoms with E-state index in [0.717, 1.165) is 24.3 Å². The van der Waals surface area contributed by atoms with Gasteiger partial charge in [0.05, 0.1) is 0 Å². The van der Waals surface area contributed by atoms with E-state index in [-0.39, 0.29) is 47.9 Å². The Morgan fingerprint density at radius 3 is 1.80 bits per heavy atom. The van der Waals surface area contributed by atoms with Crippen molar-refractivity contribution in [3.8, 4) is 0 Å². The highest BCUT2D eigenvalue weighted by Crippen LogP contribution is 2.68. The number of halogens is 9. The summed E-state index contributed by atoms with van der Waals surface area (Å²) in [5, 5.41) is 0. The van der Waals surface area contributed by atoms with Crippen LogP contribution in [0.4, 0.5) is 26.3 Å². The molecule has 0 bridgehead atoms. The summed E-state index contributed by atoms with van der Waals surface area (Å²) in [5.74, 6) is -4.41. The van der Waals surface area contributed by atoms with E-state index >= 15 is 8.78 Å². The second-order valence-electron chi connectivity index (χ2n) is 10.4. The average Bonchev–Trinajstić information content (AvgIpc) is 3.00. The average molecular weight is 805 g/mol. The molecule has 1 aliphatic carbocycles. The van der Waals surface area contributed by atoms with E-state index in [9.17, 15) is 17.6 Å². The third-order valence-corrected chi connectivity index (χ3v) is 9.72. The lowest BCUT2D eigenvalue weighted by Crippen LogP contribution is -2.47. The lowest BCUT2D eigenvalue weighted by Gasteiger charge is -2.48. The van der Waals surface area contributed by atoms with E-state index in [2.05, 4.69) is 47.8 Å². The van der Waals surface area contributed by atoms with E-state index in [1.54, 1.807) is 42.5 Å². The molecule has 0 spiro atoms. The highest BCUT2D eigenvalue weighted by atomic mass is 79.9. The highest BCUT2D eigenvalue weighted by molar-refractivity contribution is 9.12. The third kappa shape index (κ3) is 5.22. The molecule has 0 saturated heterocycles. The van der Waals surface area contributed by atoms with Crippen LogP contribution in [0, 0.1) is 23.3 Å². The smallest absolute Gasteiger partial charge is 0.206 e. The van der Waals surface area contributed by atoms with Crippen molar-refractivity contribution < 1.29 is 26.3 Å². The van der Waals surface area contributed by atoms with Crippen LogP contribution in [0.25, 0.3) is 16.7 Å². The molecule has 0 fully saturated rings. The summed E-state index contributed by atoms with van der Waals surface area (Å²) in [4.78, 5) is 0. The van der Waals surface area contributed by atoms with Crippen molar-refractivity contribution in [2.75, 3.05) is 0 Å². The van der Waals surface area contributed by atoms with Crippen molar-refractivity contribution in [2.24, 2.45) is 0 Å². The summed E-state index contributed by atoms with van der Waals surface area (Å²) < 4.78 is 97.7. The standard InChI is InChI=1S/C36H19Br3F6/c37-24-10-6-9-23(18-24)35(44)32(20-7-2-1-3-8-20)31(21-13-14-29(42)30(43)17-21)34(39)33(22-15-25(40)19-26(41)16-22)36(35,45)27-11-4-5-12-28(27)38/h1-19H. The molecule has 0 amide bonds. The summed E-state index contributed by atoms with van der Waals surface area (Å²) in [7, 11) is 0. The summed E-state index contributed by atoms with van der Waals surface area (Å²) in [6.45, 7) is 0. The van der Waals surface area contributed by atoms with Crippen LogP contribution in [-0.2, 0) is 11.3 Å². The van der Waals surface area contributed by atoms with Gasteiger partial charge in [0.1, 0.15) is 11.6 Å². The fourth-order valence-corrected chi connectivity index (χ4v) is 7.79. The molecule has 45 heavy (non-hydrogen) atoms. The maximum atomic E-state index is 19.3. The number of allylic oxidation sites excluding steroid dienone is 4. The second kappa shape index (κ2) is 12.1. The van der Waals surface area contributed by atoms with Crippen molar-refractivity contribution in [1.29, 1.82) is 0 Å². The van der Waals surface area contributed by atoms with Crippen LogP contribution >= 0.6 is 47.8 Å². The molecule has 226 valence electrons. The fourth-order valence-electron chi connectivity index (χ4n) is 5.90. The molecule has 1 aliphatic rings. The molecule has 0 N–H and O–H groups in total. The molecular weight excluding hydrogens is 786 g/mol. The molecule has 0 aromatic heterocycles. The molecule has 6 rings (SSSR count). The molecule has 0 radical (unpaired) electrons. The predicted octanol–water partition coefficient (Wildman–Crippen LogP) is 12.2. The zero-order valence-corrected chi connectivity index (χ0v) is 27.6. The van der Waals surface area contributed by atoms with E-state index in [0.29, 0.717) is 10.5 Å². The van der Waals surface area contributed by atoms with Gasteiger partial charge in [0.15, 0.2) is 11.6 Å².